The molecule has 2 aliphatic rings. The smallest absolute Gasteiger partial charge is 0.252 e. The van der Waals surface area contributed by atoms with Crippen molar-refractivity contribution in [2.75, 3.05) is 13.1 Å². The van der Waals surface area contributed by atoms with E-state index in [0.717, 1.165) is 12.1 Å². The molecule has 6 nitrogen and oxygen atoms in total. The van der Waals surface area contributed by atoms with Crippen molar-refractivity contribution in [1.29, 1.82) is 0 Å². The Morgan fingerprint density at radius 2 is 1.77 bits per heavy atom. The van der Waals surface area contributed by atoms with Gasteiger partial charge in [-0.1, -0.05) is 59.1 Å². The van der Waals surface area contributed by atoms with Crippen LogP contribution >= 0.6 is 47.0 Å². The second-order valence-corrected chi connectivity index (χ2v) is 10.6. The van der Waals surface area contributed by atoms with E-state index in [1.165, 1.54) is 0 Å². The van der Waals surface area contributed by atoms with Crippen molar-refractivity contribution < 1.29 is 4.79 Å². The molecule has 2 N–H and O–H groups in total. The van der Waals surface area contributed by atoms with Crippen LogP contribution in [0.5, 0.6) is 0 Å². The number of benzene rings is 1. The molecular weight excluding hydrogens is 479 g/mol. The van der Waals surface area contributed by atoms with Gasteiger partial charge in [-0.15, -0.1) is 0 Å². The second kappa shape index (κ2) is 8.98. The van der Waals surface area contributed by atoms with Gasteiger partial charge < -0.3 is 20.1 Å². The van der Waals surface area contributed by atoms with Crippen LogP contribution in [0.3, 0.4) is 0 Å². The number of fused-ring (bicyclic) bond motifs is 4. The summed E-state index contributed by atoms with van der Waals surface area (Å²) in [6, 6.07) is 14.1. The van der Waals surface area contributed by atoms with Gasteiger partial charge in [0.1, 0.15) is 6.17 Å². The molecule has 2 bridgehead atoms. The molecule has 1 aromatic heterocycles. The predicted octanol–water partition coefficient (Wildman–Crippen LogP) is 3.27. The van der Waals surface area contributed by atoms with Gasteiger partial charge in [0.2, 0.25) is 3.79 Å². The minimum atomic E-state index is -1.82. The van der Waals surface area contributed by atoms with Crippen molar-refractivity contribution in [2.45, 2.75) is 28.8 Å². The standard InChI is InChI=1S/C21H21Cl3N4O2S/c22-21(23,24)19(25-18(30)14-5-2-1-3-6-14)26-20(31)27-10-13-9-15(12-27)16-7-4-8-17(29)28(16)11-13/h1-8,13,15,19H,9-12H2,(H,25,30)(H,26,31)/t13-,15+,19+/m1/s1. The highest BCUT2D eigenvalue weighted by Gasteiger charge is 2.39. The number of hydrogen-bond acceptors (Lipinski definition) is 3. The SMILES string of the molecule is O=C(N[C@@H](NC(=S)N1C[C@H]2C[C@@H](C1)c1cccc(=O)n1C2)C(Cl)(Cl)Cl)c1ccccc1. The van der Waals surface area contributed by atoms with E-state index in [1.807, 2.05) is 21.6 Å². The summed E-state index contributed by atoms with van der Waals surface area (Å²) < 4.78 is 0.0386. The van der Waals surface area contributed by atoms with Crippen LogP contribution in [0.15, 0.2) is 53.3 Å². The van der Waals surface area contributed by atoms with Crippen LogP contribution in [0.25, 0.3) is 0 Å². The van der Waals surface area contributed by atoms with Crippen molar-refractivity contribution in [3.8, 4) is 0 Å². The van der Waals surface area contributed by atoms with E-state index >= 15 is 0 Å². The molecule has 3 atom stereocenters. The van der Waals surface area contributed by atoms with Crippen LogP contribution < -0.4 is 16.2 Å². The van der Waals surface area contributed by atoms with Gasteiger partial charge in [-0.2, -0.15) is 0 Å². The van der Waals surface area contributed by atoms with Gasteiger partial charge in [-0.25, -0.2) is 0 Å². The maximum atomic E-state index is 12.6. The van der Waals surface area contributed by atoms with Gasteiger partial charge in [-0.05, 0) is 42.8 Å². The Morgan fingerprint density at radius 3 is 2.48 bits per heavy atom. The molecule has 0 spiro atoms. The fraction of sp³-hybridized carbons (Fsp3) is 0.381. The van der Waals surface area contributed by atoms with E-state index in [1.54, 1.807) is 36.4 Å². The number of piperidine rings is 1. The summed E-state index contributed by atoms with van der Waals surface area (Å²) in [5.41, 5.74) is 1.50. The fourth-order valence-corrected chi connectivity index (χ4v) is 4.88. The molecule has 0 saturated carbocycles. The molecule has 2 aromatic rings. The zero-order valence-corrected chi connectivity index (χ0v) is 19.5. The number of alkyl halides is 3. The monoisotopic (exact) mass is 498 g/mol. The van der Waals surface area contributed by atoms with Crippen molar-refractivity contribution in [1.82, 2.24) is 20.1 Å². The van der Waals surface area contributed by atoms with Gasteiger partial charge >= 0.3 is 0 Å². The van der Waals surface area contributed by atoms with Gasteiger partial charge in [0.05, 0.1) is 0 Å². The molecule has 2 aliphatic heterocycles. The lowest BCUT2D eigenvalue weighted by Crippen LogP contribution is -2.60. The van der Waals surface area contributed by atoms with E-state index < -0.39 is 9.96 Å². The van der Waals surface area contributed by atoms with Crippen molar-refractivity contribution in [3.63, 3.8) is 0 Å². The predicted molar refractivity (Wildman–Crippen MR) is 127 cm³/mol. The van der Waals surface area contributed by atoms with Gasteiger partial charge in [0.15, 0.2) is 5.11 Å². The van der Waals surface area contributed by atoms with E-state index in [2.05, 4.69) is 10.6 Å². The molecule has 0 radical (unpaired) electrons. The first kappa shape index (κ1) is 22.4. The number of carbonyl (C=O) groups is 1. The highest BCUT2D eigenvalue weighted by atomic mass is 35.6. The van der Waals surface area contributed by atoms with Gasteiger partial charge in [0, 0.05) is 42.9 Å². The molecule has 4 rings (SSSR count). The summed E-state index contributed by atoms with van der Waals surface area (Å²) in [6.07, 6.45) is -0.0179. The molecule has 1 aromatic carbocycles. The third-order valence-corrected chi connectivity index (χ3v) is 6.70. The Hall–Kier alpha value is -1.80. The first-order valence-corrected chi connectivity index (χ1v) is 11.4. The topological polar surface area (TPSA) is 66.4 Å². The number of hydrogen-bond donors (Lipinski definition) is 2. The zero-order valence-electron chi connectivity index (χ0n) is 16.4. The molecule has 1 amide bonds. The van der Waals surface area contributed by atoms with Crippen molar-refractivity contribution in [2.24, 2.45) is 5.92 Å². The number of thiocarbonyl (C=S) groups is 1. The zero-order chi connectivity index (χ0) is 22.2. The van der Waals surface area contributed by atoms with Gasteiger partial charge in [-0.3, -0.25) is 9.59 Å². The Kier molecular flexibility index (Phi) is 6.49. The summed E-state index contributed by atoms with van der Waals surface area (Å²) >= 11 is 24.0. The normalized spacial score (nSPS) is 21.1. The van der Waals surface area contributed by atoms with Crippen LogP contribution in [0.4, 0.5) is 0 Å². The first-order chi connectivity index (χ1) is 14.7. The quantitative estimate of drug-likeness (QED) is 0.385. The minimum Gasteiger partial charge on any atom is -0.348 e. The summed E-state index contributed by atoms with van der Waals surface area (Å²) in [4.78, 5) is 26.8. The lowest BCUT2D eigenvalue weighted by molar-refractivity contribution is 0.0932. The van der Waals surface area contributed by atoms with E-state index in [0.29, 0.717) is 30.3 Å². The van der Waals surface area contributed by atoms with Crippen molar-refractivity contribution >= 4 is 58.0 Å². The van der Waals surface area contributed by atoms with Gasteiger partial charge in [0.25, 0.3) is 11.5 Å². The number of carbonyl (C=O) groups excluding carboxylic acids is 1. The number of rotatable bonds is 3. The van der Waals surface area contributed by atoms with E-state index in [4.69, 9.17) is 47.0 Å². The summed E-state index contributed by atoms with van der Waals surface area (Å²) in [6.45, 7) is 1.98. The lowest BCUT2D eigenvalue weighted by atomic mass is 9.83. The number of nitrogens with one attached hydrogen (secondary N) is 2. The summed E-state index contributed by atoms with van der Waals surface area (Å²) in [5.74, 6) is 0.0959. The van der Waals surface area contributed by atoms with Crippen molar-refractivity contribution in [3.05, 3.63) is 70.1 Å². The maximum absolute atomic E-state index is 12.6. The molecule has 0 aliphatic carbocycles. The largest absolute Gasteiger partial charge is 0.348 e. The van der Waals surface area contributed by atoms with Crippen LogP contribution in [-0.4, -0.2) is 43.5 Å². The number of pyridine rings is 1. The molecule has 1 fully saturated rings. The third kappa shape index (κ3) is 5.00. The highest BCUT2D eigenvalue weighted by Crippen LogP contribution is 2.35. The Labute approximate surface area is 200 Å². The van der Waals surface area contributed by atoms with Crippen LogP contribution in [0, 0.1) is 5.92 Å². The van der Waals surface area contributed by atoms with E-state index in [-0.39, 0.29) is 23.3 Å². The number of likely N-dealkylation sites (tertiary alicyclic amines) is 1. The summed E-state index contributed by atoms with van der Waals surface area (Å²) in [7, 11) is 0. The lowest BCUT2D eigenvalue weighted by Gasteiger charge is -2.44. The molecular formula is C21H21Cl3N4O2S. The highest BCUT2D eigenvalue weighted by molar-refractivity contribution is 7.80. The molecule has 31 heavy (non-hydrogen) atoms. The minimum absolute atomic E-state index is 0.0289. The van der Waals surface area contributed by atoms with Crippen LogP contribution in [0.1, 0.15) is 28.4 Å². The number of aromatic nitrogens is 1. The average molecular weight is 500 g/mol. The third-order valence-electron chi connectivity index (χ3n) is 5.67. The Balaban J connectivity index is 1.47. The van der Waals surface area contributed by atoms with Crippen LogP contribution in [-0.2, 0) is 6.54 Å². The second-order valence-electron chi connectivity index (χ2n) is 7.87. The molecule has 3 heterocycles. The van der Waals surface area contributed by atoms with E-state index in [9.17, 15) is 9.59 Å². The maximum Gasteiger partial charge on any atom is 0.252 e. The molecule has 164 valence electrons. The number of halogens is 3. The average Bonchev–Trinajstić information content (AvgIpc) is 2.73. The molecule has 10 heteroatoms. The molecule has 0 unspecified atom stereocenters. The molecule has 1 saturated heterocycles. The Morgan fingerprint density at radius 1 is 1.03 bits per heavy atom. The van der Waals surface area contributed by atoms with Crippen LogP contribution in [0.2, 0.25) is 0 Å². The Bertz CT molecular complexity index is 1040. The number of amides is 1. The first-order valence-electron chi connectivity index (χ1n) is 9.90. The fourth-order valence-electron chi connectivity index (χ4n) is 4.28. The summed E-state index contributed by atoms with van der Waals surface area (Å²) in [5, 5.41) is 6.12. The number of nitrogens with zero attached hydrogens (tertiary/aromatic N) is 2.